The SMILES string of the molecule is NC(Cc1ccc(-n2nccc2Br)cc1)C(=O)O. The first-order valence-corrected chi connectivity index (χ1v) is 6.14. The van der Waals surface area contributed by atoms with Crippen molar-refractivity contribution < 1.29 is 9.90 Å². The molecule has 6 heteroatoms. The third kappa shape index (κ3) is 2.77. The van der Waals surface area contributed by atoms with Crippen molar-refractivity contribution in [1.82, 2.24) is 9.78 Å². The number of aromatic nitrogens is 2. The second kappa shape index (κ2) is 5.32. The lowest BCUT2D eigenvalue weighted by molar-refractivity contribution is -0.138. The van der Waals surface area contributed by atoms with Crippen LogP contribution in [0.3, 0.4) is 0 Å². The molecule has 18 heavy (non-hydrogen) atoms. The zero-order valence-electron chi connectivity index (χ0n) is 9.45. The molecule has 0 saturated carbocycles. The van der Waals surface area contributed by atoms with Gasteiger partial charge < -0.3 is 10.8 Å². The second-order valence-electron chi connectivity index (χ2n) is 3.88. The number of halogens is 1. The summed E-state index contributed by atoms with van der Waals surface area (Å²) in [5.74, 6) is -0.992. The maximum absolute atomic E-state index is 10.7. The lowest BCUT2D eigenvalue weighted by Crippen LogP contribution is -2.32. The quantitative estimate of drug-likeness (QED) is 0.898. The Balaban J connectivity index is 2.16. The number of carboxylic acid groups (broad SMARTS) is 1. The smallest absolute Gasteiger partial charge is 0.320 e. The standard InChI is InChI=1S/C12H12BrN3O2/c13-11-5-6-15-16(11)9-3-1-8(2-4-9)7-10(14)12(17)18/h1-6,10H,7,14H2,(H,17,18). The monoisotopic (exact) mass is 309 g/mol. The number of carboxylic acids is 1. The summed E-state index contributed by atoms with van der Waals surface area (Å²) in [6.45, 7) is 0. The summed E-state index contributed by atoms with van der Waals surface area (Å²) in [7, 11) is 0. The Morgan fingerprint density at radius 3 is 2.56 bits per heavy atom. The van der Waals surface area contributed by atoms with Gasteiger partial charge >= 0.3 is 5.97 Å². The predicted octanol–water partition coefficient (Wildman–Crippen LogP) is 1.59. The summed E-state index contributed by atoms with van der Waals surface area (Å²) in [6.07, 6.45) is 2.01. The average Bonchev–Trinajstić information content (AvgIpc) is 2.76. The Kier molecular flexibility index (Phi) is 3.78. The molecule has 1 atom stereocenters. The van der Waals surface area contributed by atoms with Crippen LogP contribution >= 0.6 is 15.9 Å². The molecule has 0 amide bonds. The number of carbonyl (C=O) groups is 1. The topological polar surface area (TPSA) is 81.1 Å². The van der Waals surface area contributed by atoms with E-state index in [0.717, 1.165) is 15.9 Å². The van der Waals surface area contributed by atoms with Crippen molar-refractivity contribution in [3.05, 3.63) is 46.7 Å². The van der Waals surface area contributed by atoms with E-state index in [2.05, 4.69) is 21.0 Å². The van der Waals surface area contributed by atoms with E-state index in [0.29, 0.717) is 6.42 Å². The Morgan fingerprint density at radius 1 is 1.39 bits per heavy atom. The summed E-state index contributed by atoms with van der Waals surface area (Å²) < 4.78 is 2.60. The van der Waals surface area contributed by atoms with Crippen molar-refractivity contribution in [2.75, 3.05) is 0 Å². The van der Waals surface area contributed by atoms with E-state index in [4.69, 9.17) is 10.8 Å². The third-order valence-corrected chi connectivity index (χ3v) is 3.15. The highest BCUT2D eigenvalue weighted by atomic mass is 79.9. The predicted molar refractivity (Wildman–Crippen MR) is 70.6 cm³/mol. The molecule has 0 saturated heterocycles. The Bertz CT molecular complexity index is 551. The fraction of sp³-hybridized carbons (Fsp3) is 0.167. The van der Waals surface area contributed by atoms with Gasteiger partial charge in [0.15, 0.2) is 0 Å². The van der Waals surface area contributed by atoms with Crippen LogP contribution in [-0.4, -0.2) is 26.9 Å². The summed E-state index contributed by atoms with van der Waals surface area (Å²) in [4.78, 5) is 10.7. The van der Waals surface area contributed by atoms with E-state index in [1.807, 2.05) is 30.3 Å². The molecular weight excluding hydrogens is 298 g/mol. The molecule has 0 aliphatic carbocycles. The molecule has 0 aliphatic rings. The van der Waals surface area contributed by atoms with Gasteiger partial charge in [-0.3, -0.25) is 4.79 Å². The molecule has 1 aromatic heterocycles. The molecule has 0 fully saturated rings. The fourth-order valence-corrected chi connectivity index (χ4v) is 2.01. The van der Waals surface area contributed by atoms with E-state index >= 15 is 0 Å². The minimum Gasteiger partial charge on any atom is -0.480 e. The van der Waals surface area contributed by atoms with Crippen LogP contribution in [0.5, 0.6) is 0 Å². The normalized spacial score (nSPS) is 12.3. The molecule has 0 spiro atoms. The van der Waals surface area contributed by atoms with Gasteiger partial charge in [0, 0.05) is 0 Å². The minimum absolute atomic E-state index is 0.315. The molecule has 1 heterocycles. The molecular formula is C12H12BrN3O2. The van der Waals surface area contributed by atoms with Crippen molar-refractivity contribution in [3.8, 4) is 5.69 Å². The van der Waals surface area contributed by atoms with Crippen LogP contribution in [0.2, 0.25) is 0 Å². The Morgan fingerprint density at radius 2 is 2.06 bits per heavy atom. The van der Waals surface area contributed by atoms with E-state index in [1.165, 1.54) is 0 Å². The van der Waals surface area contributed by atoms with Crippen molar-refractivity contribution >= 4 is 21.9 Å². The molecule has 0 bridgehead atoms. The van der Waals surface area contributed by atoms with Gasteiger partial charge in [0.05, 0.1) is 11.9 Å². The maximum Gasteiger partial charge on any atom is 0.320 e. The van der Waals surface area contributed by atoms with Crippen molar-refractivity contribution in [3.63, 3.8) is 0 Å². The van der Waals surface area contributed by atoms with Gasteiger partial charge in [0.1, 0.15) is 10.6 Å². The fourth-order valence-electron chi connectivity index (χ4n) is 1.59. The molecule has 1 unspecified atom stereocenters. The first-order chi connectivity index (χ1) is 8.58. The molecule has 5 nitrogen and oxygen atoms in total. The van der Waals surface area contributed by atoms with Crippen molar-refractivity contribution in [2.24, 2.45) is 5.73 Å². The summed E-state index contributed by atoms with van der Waals surface area (Å²) in [5.41, 5.74) is 7.27. The molecule has 0 radical (unpaired) electrons. The number of nitrogens with zero attached hydrogens (tertiary/aromatic N) is 2. The minimum atomic E-state index is -0.992. The van der Waals surface area contributed by atoms with Gasteiger partial charge in [-0.15, -0.1) is 0 Å². The second-order valence-corrected chi connectivity index (χ2v) is 4.69. The van der Waals surface area contributed by atoms with Gasteiger partial charge in [-0.2, -0.15) is 5.10 Å². The lowest BCUT2D eigenvalue weighted by Gasteiger charge is -2.08. The van der Waals surface area contributed by atoms with E-state index in [-0.39, 0.29) is 0 Å². The van der Waals surface area contributed by atoms with Gasteiger partial charge in [-0.1, -0.05) is 12.1 Å². The van der Waals surface area contributed by atoms with Gasteiger partial charge in [-0.25, -0.2) is 4.68 Å². The Labute approximate surface area is 112 Å². The van der Waals surface area contributed by atoms with E-state index in [1.54, 1.807) is 10.9 Å². The van der Waals surface area contributed by atoms with Crippen LogP contribution in [-0.2, 0) is 11.2 Å². The summed E-state index contributed by atoms with van der Waals surface area (Å²) in [6, 6.07) is 8.43. The van der Waals surface area contributed by atoms with Crippen LogP contribution in [0.15, 0.2) is 41.1 Å². The Hall–Kier alpha value is -1.66. The molecule has 2 aromatic rings. The summed E-state index contributed by atoms with van der Waals surface area (Å²) >= 11 is 3.38. The van der Waals surface area contributed by atoms with Gasteiger partial charge in [0.2, 0.25) is 0 Å². The zero-order chi connectivity index (χ0) is 13.1. The molecule has 94 valence electrons. The van der Waals surface area contributed by atoms with Gasteiger partial charge in [0.25, 0.3) is 0 Å². The van der Waals surface area contributed by atoms with Crippen LogP contribution in [0, 0.1) is 0 Å². The highest BCUT2D eigenvalue weighted by Crippen LogP contribution is 2.16. The van der Waals surface area contributed by atoms with Gasteiger partial charge in [-0.05, 0) is 46.1 Å². The highest BCUT2D eigenvalue weighted by molar-refractivity contribution is 9.10. The first kappa shape index (κ1) is 12.8. The molecule has 2 rings (SSSR count). The van der Waals surface area contributed by atoms with E-state index < -0.39 is 12.0 Å². The average molecular weight is 310 g/mol. The first-order valence-electron chi connectivity index (χ1n) is 5.35. The molecule has 3 N–H and O–H groups in total. The number of nitrogens with two attached hydrogens (primary N) is 1. The summed E-state index contributed by atoms with van der Waals surface area (Å²) in [5, 5.41) is 12.9. The largest absolute Gasteiger partial charge is 0.480 e. The number of hydrogen-bond acceptors (Lipinski definition) is 3. The number of rotatable bonds is 4. The van der Waals surface area contributed by atoms with Crippen LogP contribution in [0.1, 0.15) is 5.56 Å². The lowest BCUT2D eigenvalue weighted by atomic mass is 10.1. The maximum atomic E-state index is 10.7. The third-order valence-electron chi connectivity index (χ3n) is 2.55. The van der Waals surface area contributed by atoms with Crippen LogP contribution < -0.4 is 5.73 Å². The zero-order valence-corrected chi connectivity index (χ0v) is 11.0. The van der Waals surface area contributed by atoms with Crippen molar-refractivity contribution in [1.29, 1.82) is 0 Å². The number of benzene rings is 1. The van der Waals surface area contributed by atoms with Crippen LogP contribution in [0.4, 0.5) is 0 Å². The highest BCUT2D eigenvalue weighted by Gasteiger charge is 2.12. The van der Waals surface area contributed by atoms with E-state index in [9.17, 15) is 4.79 Å². The number of hydrogen-bond donors (Lipinski definition) is 2. The van der Waals surface area contributed by atoms with Crippen molar-refractivity contribution in [2.45, 2.75) is 12.5 Å². The molecule has 0 aliphatic heterocycles. The van der Waals surface area contributed by atoms with Crippen LogP contribution in [0.25, 0.3) is 5.69 Å². The number of aliphatic carboxylic acids is 1. The molecule has 1 aromatic carbocycles.